The van der Waals surface area contributed by atoms with Gasteiger partial charge < -0.3 is 9.47 Å². The molecule has 1 N–H and O–H groups in total. The third-order valence-corrected chi connectivity index (χ3v) is 5.12. The summed E-state index contributed by atoms with van der Waals surface area (Å²) in [5.74, 6) is 0.0749. The highest BCUT2D eigenvalue weighted by Gasteiger charge is 2.09. The van der Waals surface area contributed by atoms with Crippen molar-refractivity contribution in [1.82, 2.24) is 5.43 Å². The van der Waals surface area contributed by atoms with Crippen molar-refractivity contribution in [2.75, 3.05) is 6.61 Å². The zero-order chi connectivity index (χ0) is 24.5. The number of rotatable bonds is 8. The molecule has 0 aromatic heterocycles. The number of halogens is 1. The first-order valence-corrected chi connectivity index (χ1v) is 11.1. The Morgan fingerprint density at radius 2 is 1.49 bits per heavy atom. The van der Waals surface area contributed by atoms with Gasteiger partial charge in [-0.3, -0.25) is 4.79 Å². The molecule has 7 heteroatoms. The Balaban J connectivity index is 1.22. The zero-order valence-corrected chi connectivity index (χ0v) is 19.3. The van der Waals surface area contributed by atoms with Crippen LogP contribution in [-0.2, 0) is 4.79 Å². The molecule has 4 rings (SSSR count). The number of hydrazone groups is 1. The SMILES string of the molecule is O=C(COc1ccc(-c2ccccc2)cc1)NN=Cc1ccc(OC(=O)c2cccc(Cl)c2)cc1. The van der Waals surface area contributed by atoms with Crippen molar-refractivity contribution in [1.29, 1.82) is 0 Å². The highest BCUT2D eigenvalue weighted by atomic mass is 35.5. The number of nitrogens with one attached hydrogen (secondary N) is 1. The predicted octanol–water partition coefficient (Wildman–Crippen LogP) is 5.76. The van der Waals surface area contributed by atoms with E-state index in [0.29, 0.717) is 27.6 Å². The standard InChI is InChI=1S/C28H21ClN2O4/c29-24-8-4-7-23(17-24)28(33)35-26-13-9-20(10-14-26)18-30-31-27(32)19-34-25-15-11-22(12-16-25)21-5-2-1-3-6-21/h1-18H,19H2,(H,31,32). The lowest BCUT2D eigenvalue weighted by Crippen LogP contribution is -2.24. The molecule has 0 saturated carbocycles. The van der Waals surface area contributed by atoms with Gasteiger partial charge in [-0.25, -0.2) is 10.2 Å². The van der Waals surface area contributed by atoms with Crippen LogP contribution in [-0.4, -0.2) is 24.7 Å². The Morgan fingerprint density at radius 3 is 2.20 bits per heavy atom. The van der Waals surface area contributed by atoms with E-state index in [0.717, 1.165) is 11.1 Å². The second kappa shape index (κ2) is 11.6. The Bertz CT molecular complexity index is 1320. The Morgan fingerprint density at radius 1 is 0.800 bits per heavy atom. The van der Waals surface area contributed by atoms with Gasteiger partial charge in [0.25, 0.3) is 5.91 Å². The fourth-order valence-corrected chi connectivity index (χ4v) is 3.33. The average Bonchev–Trinajstić information content (AvgIpc) is 2.89. The summed E-state index contributed by atoms with van der Waals surface area (Å²) in [5.41, 5.74) is 5.67. The largest absolute Gasteiger partial charge is 0.484 e. The number of benzene rings is 4. The van der Waals surface area contributed by atoms with Crippen molar-refractivity contribution in [3.63, 3.8) is 0 Å². The monoisotopic (exact) mass is 484 g/mol. The molecule has 174 valence electrons. The van der Waals surface area contributed by atoms with Gasteiger partial charge in [0.15, 0.2) is 6.61 Å². The molecule has 0 radical (unpaired) electrons. The van der Waals surface area contributed by atoms with Gasteiger partial charge in [-0.2, -0.15) is 5.10 Å². The highest BCUT2D eigenvalue weighted by molar-refractivity contribution is 6.30. The number of ether oxygens (including phenoxy) is 2. The van der Waals surface area contributed by atoms with Gasteiger partial charge in [0.05, 0.1) is 11.8 Å². The Hall–Kier alpha value is -4.42. The van der Waals surface area contributed by atoms with Crippen LogP contribution in [0.2, 0.25) is 5.02 Å². The maximum absolute atomic E-state index is 12.2. The van der Waals surface area contributed by atoms with Crippen LogP contribution in [0.5, 0.6) is 11.5 Å². The molecule has 0 aliphatic carbocycles. The third-order valence-electron chi connectivity index (χ3n) is 4.89. The molecule has 0 atom stereocenters. The number of esters is 1. The molecule has 1 amide bonds. The molecular weight excluding hydrogens is 464 g/mol. The fourth-order valence-electron chi connectivity index (χ4n) is 3.14. The van der Waals surface area contributed by atoms with Crippen LogP contribution in [0.15, 0.2) is 108 Å². The van der Waals surface area contributed by atoms with E-state index in [1.165, 1.54) is 12.3 Å². The summed E-state index contributed by atoms with van der Waals surface area (Å²) < 4.78 is 10.8. The number of carbonyl (C=O) groups excluding carboxylic acids is 2. The van der Waals surface area contributed by atoms with E-state index in [9.17, 15) is 9.59 Å². The Kier molecular flexibility index (Phi) is 7.88. The molecule has 0 bridgehead atoms. The summed E-state index contributed by atoms with van der Waals surface area (Å²) in [7, 11) is 0. The molecule has 0 saturated heterocycles. The van der Waals surface area contributed by atoms with Gasteiger partial charge in [-0.05, 0) is 71.3 Å². The van der Waals surface area contributed by atoms with Gasteiger partial charge in [-0.15, -0.1) is 0 Å². The molecule has 0 aliphatic rings. The van der Waals surface area contributed by atoms with Gasteiger partial charge in [0.2, 0.25) is 0 Å². The lowest BCUT2D eigenvalue weighted by Gasteiger charge is -2.07. The molecule has 0 aliphatic heterocycles. The number of hydrogen-bond acceptors (Lipinski definition) is 5. The van der Waals surface area contributed by atoms with Crippen molar-refractivity contribution in [2.45, 2.75) is 0 Å². The van der Waals surface area contributed by atoms with Crippen LogP contribution in [0.1, 0.15) is 15.9 Å². The molecule has 0 fully saturated rings. The first kappa shape index (κ1) is 23.7. The lowest BCUT2D eigenvalue weighted by molar-refractivity contribution is -0.123. The van der Waals surface area contributed by atoms with E-state index in [2.05, 4.69) is 10.5 Å². The number of hydrogen-bond donors (Lipinski definition) is 1. The van der Waals surface area contributed by atoms with E-state index < -0.39 is 5.97 Å². The van der Waals surface area contributed by atoms with Crippen LogP contribution < -0.4 is 14.9 Å². The molecule has 35 heavy (non-hydrogen) atoms. The molecule has 0 spiro atoms. The summed E-state index contributed by atoms with van der Waals surface area (Å²) in [4.78, 5) is 24.2. The first-order valence-electron chi connectivity index (χ1n) is 10.7. The van der Waals surface area contributed by atoms with Gasteiger partial charge in [-0.1, -0.05) is 60.1 Å². The first-order chi connectivity index (χ1) is 17.1. The van der Waals surface area contributed by atoms with Crippen LogP contribution in [0.3, 0.4) is 0 Å². The number of carbonyl (C=O) groups is 2. The van der Waals surface area contributed by atoms with E-state index in [-0.39, 0.29) is 12.5 Å². The van der Waals surface area contributed by atoms with Crippen molar-refractivity contribution in [2.24, 2.45) is 5.10 Å². The van der Waals surface area contributed by atoms with Crippen molar-refractivity contribution in [3.8, 4) is 22.6 Å². The van der Waals surface area contributed by atoms with Crippen molar-refractivity contribution >= 4 is 29.7 Å². The van der Waals surface area contributed by atoms with E-state index in [1.54, 1.807) is 42.5 Å². The van der Waals surface area contributed by atoms with Crippen molar-refractivity contribution < 1.29 is 19.1 Å². The smallest absolute Gasteiger partial charge is 0.343 e. The average molecular weight is 485 g/mol. The van der Waals surface area contributed by atoms with Gasteiger partial charge in [0.1, 0.15) is 11.5 Å². The number of nitrogens with zero attached hydrogens (tertiary/aromatic N) is 1. The predicted molar refractivity (Wildman–Crippen MR) is 136 cm³/mol. The van der Waals surface area contributed by atoms with Gasteiger partial charge in [0, 0.05) is 5.02 Å². The molecule has 6 nitrogen and oxygen atoms in total. The summed E-state index contributed by atoms with van der Waals surface area (Å²) in [6.07, 6.45) is 1.48. The lowest BCUT2D eigenvalue weighted by atomic mass is 10.1. The molecule has 4 aromatic rings. The molecule has 0 heterocycles. The van der Waals surface area contributed by atoms with E-state index in [1.807, 2.05) is 54.6 Å². The summed E-state index contributed by atoms with van der Waals surface area (Å²) >= 11 is 5.90. The minimum Gasteiger partial charge on any atom is -0.484 e. The summed E-state index contributed by atoms with van der Waals surface area (Å²) in [6.45, 7) is -0.166. The molecular formula is C28H21ClN2O4. The maximum Gasteiger partial charge on any atom is 0.343 e. The van der Waals surface area contributed by atoms with Crippen LogP contribution in [0.4, 0.5) is 0 Å². The van der Waals surface area contributed by atoms with Gasteiger partial charge >= 0.3 is 5.97 Å². The number of amides is 1. The van der Waals surface area contributed by atoms with Crippen LogP contribution >= 0.6 is 11.6 Å². The van der Waals surface area contributed by atoms with Crippen LogP contribution in [0, 0.1) is 0 Å². The minimum absolute atomic E-state index is 0.166. The summed E-state index contributed by atoms with van der Waals surface area (Å²) in [6, 6.07) is 30.7. The second-order valence-corrected chi connectivity index (χ2v) is 7.88. The second-order valence-electron chi connectivity index (χ2n) is 7.44. The maximum atomic E-state index is 12.2. The quantitative estimate of drug-likeness (QED) is 0.149. The fraction of sp³-hybridized carbons (Fsp3) is 0.0357. The summed E-state index contributed by atoms with van der Waals surface area (Å²) in [5, 5.41) is 4.39. The van der Waals surface area contributed by atoms with E-state index in [4.69, 9.17) is 21.1 Å². The zero-order valence-electron chi connectivity index (χ0n) is 18.6. The molecule has 0 unspecified atom stereocenters. The van der Waals surface area contributed by atoms with E-state index >= 15 is 0 Å². The van der Waals surface area contributed by atoms with Crippen molar-refractivity contribution in [3.05, 3.63) is 119 Å². The normalized spacial score (nSPS) is 10.7. The topological polar surface area (TPSA) is 77.0 Å². The van der Waals surface area contributed by atoms with Crippen LogP contribution in [0.25, 0.3) is 11.1 Å². The minimum atomic E-state index is -0.504. The third kappa shape index (κ3) is 7.03. The molecule has 4 aromatic carbocycles. The Labute approximate surface area is 207 Å². The highest BCUT2D eigenvalue weighted by Crippen LogP contribution is 2.22.